The van der Waals surface area contributed by atoms with Gasteiger partial charge in [0, 0.05) is 7.05 Å². The van der Waals surface area contributed by atoms with E-state index in [2.05, 4.69) is 5.32 Å². The number of carbonyl (C=O) groups is 1. The van der Waals surface area contributed by atoms with Gasteiger partial charge in [-0.1, -0.05) is 91.0 Å². The van der Waals surface area contributed by atoms with Gasteiger partial charge in [-0.25, -0.2) is 8.42 Å². The number of para-hydroxylation sites is 1. The Balaban J connectivity index is 1.69. The van der Waals surface area contributed by atoms with Gasteiger partial charge in [-0.2, -0.15) is 0 Å². The van der Waals surface area contributed by atoms with Crippen molar-refractivity contribution in [1.82, 2.24) is 5.32 Å². The summed E-state index contributed by atoms with van der Waals surface area (Å²) in [4.78, 5) is 13.6. The molecule has 4 aromatic rings. The molecule has 0 saturated heterocycles. The molecule has 33 heavy (non-hydrogen) atoms. The zero-order valence-electron chi connectivity index (χ0n) is 18.1. The number of hydrogen-bond acceptors (Lipinski definition) is 3. The van der Waals surface area contributed by atoms with Crippen LogP contribution in [0.5, 0.6) is 0 Å². The number of amides is 1. The summed E-state index contributed by atoms with van der Waals surface area (Å²) in [6.45, 7) is 0. The SMILES string of the molecule is CN(c1ccccc1C(=O)NC(c1ccccc1)c1ccccc1)S(=O)(=O)c1ccccc1. The van der Waals surface area contributed by atoms with Crippen LogP contribution in [-0.2, 0) is 10.0 Å². The van der Waals surface area contributed by atoms with E-state index >= 15 is 0 Å². The van der Waals surface area contributed by atoms with Crippen LogP contribution in [0.3, 0.4) is 0 Å². The zero-order valence-corrected chi connectivity index (χ0v) is 18.9. The van der Waals surface area contributed by atoms with E-state index in [0.29, 0.717) is 5.69 Å². The summed E-state index contributed by atoms with van der Waals surface area (Å²) in [6, 6.07) is 33.8. The van der Waals surface area contributed by atoms with E-state index in [4.69, 9.17) is 0 Å². The van der Waals surface area contributed by atoms with Crippen LogP contribution >= 0.6 is 0 Å². The van der Waals surface area contributed by atoms with Crippen LogP contribution in [-0.4, -0.2) is 21.4 Å². The van der Waals surface area contributed by atoms with Crippen LogP contribution in [0.4, 0.5) is 5.69 Å². The number of anilines is 1. The molecule has 0 unspecified atom stereocenters. The van der Waals surface area contributed by atoms with Crippen molar-refractivity contribution in [3.8, 4) is 0 Å². The minimum absolute atomic E-state index is 0.161. The third-order valence-corrected chi connectivity index (χ3v) is 7.22. The van der Waals surface area contributed by atoms with Crippen LogP contribution in [0.25, 0.3) is 0 Å². The predicted octanol–water partition coefficient (Wildman–Crippen LogP) is 5.03. The van der Waals surface area contributed by atoms with E-state index in [-0.39, 0.29) is 22.4 Å². The summed E-state index contributed by atoms with van der Waals surface area (Å²) in [7, 11) is -2.37. The largest absolute Gasteiger partial charge is 0.341 e. The average Bonchev–Trinajstić information content (AvgIpc) is 2.88. The first-order valence-corrected chi connectivity index (χ1v) is 12.0. The minimum atomic E-state index is -3.83. The van der Waals surface area contributed by atoms with E-state index in [1.807, 2.05) is 60.7 Å². The summed E-state index contributed by atoms with van der Waals surface area (Å²) in [5, 5.41) is 3.09. The van der Waals surface area contributed by atoms with Crippen molar-refractivity contribution in [2.45, 2.75) is 10.9 Å². The number of benzene rings is 4. The molecule has 0 fully saturated rings. The second-order valence-corrected chi connectivity index (χ2v) is 9.50. The van der Waals surface area contributed by atoms with Crippen LogP contribution < -0.4 is 9.62 Å². The van der Waals surface area contributed by atoms with Gasteiger partial charge < -0.3 is 5.32 Å². The van der Waals surface area contributed by atoms with Crippen molar-refractivity contribution in [1.29, 1.82) is 0 Å². The Morgan fingerprint density at radius 3 is 1.70 bits per heavy atom. The lowest BCUT2D eigenvalue weighted by Gasteiger charge is -2.24. The van der Waals surface area contributed by atoms with Gasteiger partial charge in [-0.15, -0.1) is 0 Å². The molecule has 0 heterocycles. The fourth-order valence-electron chi connectivity index (χ4n) is 3.68. The number of sulfonamides is 1. The first kappa shape index (κ1) is 22.3. The highest BCUT2D eigenvalue weighted by Gasteiger charge is 2.26. The lowest BCUT2D eigenvalue weighted by atomic mass is 9.98. The highest BCUT2D eigenvalue weighted by Crippen LogP contribution is 2.28. The third-order valence-electron chi connectivity index (χ3n) is 5.43. The number of hydrogen-bond donors (Lipinski definition) is 1. The van der Waals surface area contributed by atoms with Crippen molar-refractivity contribution >= 4 is 21.6 Å². The lowest BCUT2D eigenvalue weighted by Crippen LogP contribution is -2.33. The van der Waals surface area contributed by atoms with Gasteiger partial charge in [0.05, 0.1) is 22.2 Å². The Labute approximate surface area is 194 Å². The molecule has 0 aliphatic rings. The molecule has 0 spiro atoms. The smallest absolute Gasteiger partial charge is 0.264 e. The summed E-state index contributed by atoms with van der Waals surface area (Å²) in [5.41, 5.74) is 2.44. The van der Waals surface area contributed by atoms with Crippen LogP contribution in [0.2, 0.25) is 0 Å². The second kappa shape index (κ2) is 9.71. The lowest BCUT2D eigenvalue weighted by molar-refractivity contribution is 0.0943. The molecular formula is C27H24N2O3S. The van der Waals surface area contributed by atoms with Crippen LogP contribution in [0.15, 0.2) is 120 Å². The maximum Gasteiger partial charge on any atom is 0.264 e. The van der Waals surface area contributed by atoms with Gasteiger partial charge in [0.15, 0.2) is 0 Å². The molecule has 0 aliphatic carbocycles. The number of carbonyl (C=O) groups excluding carboxylic acids is 1. The van der Waals surface area contributed by atoms with E-state index < -0.39 is 10.0 Å². The Hall–Kier alpha value is -3.90. The first-order chi connectivity index (χ1) is 16.0. The fourth-order valence-corrected chi connectivity index (χ4v) is 4.91. The highest BCUT2D eigenvalue weighted by molar-refractivity contribution is 7.92. The van der Waals surface area contributed by atoms with E-state index in [1.54, 1.807) is 42.5 Å². The molecule has 4 aromatic carbocycles. The molecular weight excluding hydrogens is 432 g/mol. The van der Waals surface area contributed by atoms with Crippen molar-refractivity contribution in [2.24, 2.45) is 0 Å². The number of rotatable bonds is 7. The number of nitrogens with zero attached hydrogens (tertiary/aromatic N) is 1. The van der Waals surface area contributed by atoms with Crippen molar-refractivity contribution in [3.63, 3.8) is 0 Å². The van der Waals surface area contributed by atoms with Gasteiger partial charge in [-0.05, 0) is 35.4 Å². The Morgan fingerprint density at radius 2 is 1.15 bits per heavy atom. The molecule has 0 aliphatic heterocycles. The maximum atomic E-state index is 13.5. The summed E-state index contributed by atoms with van der Waals surface area (Å²) < 4.78 is 27.5. The third kappa shape index (κ3) is 4.81. The van der Waals surface area contributed by atoms with E-state index in [9.17, 15) is 13.2 Å². The molecule has 0 radical (unpaired) electrons. The Morgan fingerprint density at radius 1 is 0.697 bits per heavy atom. The molecule has 0 bridgehead atoms. The molecule has 166 valence electrons. The molecule has 0 saturated carbocycles. The maximum absolute atomic E-state index is 13.5. The van der Waals surface area contributed by atoms with Crippen molar-refractivity contribution < 1.29 is 13.2 Å². The molecule has 5 nitrogen and oxygen atoms in total. The van der Waals surface area contributed by atoms with Gasteiger partial charge in [0.1, 0.15) is 0 Å². The standard InChI is InChI=1S/C27H24N2O3S/c1-29(33(31,32)23-17-9-4-10-18-23)25-20-12-11-19-24(25)27(30)28-26(21-13-5-2-6-14-21)22-15-7-3-8-16-22/h2-20,26H,1H3,(H,28,30). The Bertz CT molecular complexity index is 1290. The van der Waals surface area contributed by atoms with Crippen molar-refractivity contribution in [3.05, 3.63) is 132 Å². The summed E-state index contributed by atoms with van der Waals surface area (Å²) in [6.07, 6.45) is 0. The first-order valence-electron chi connectivity index (χ1n) is 10.5. The molecule has 1 N–H and O–H groups in total. The second-order valence-electron chi connectivity index (χ2n) is 7.53. The highest BCUT2D eigenvalue weighted by atomic mass is 32.2. The number of nitrogens with one attached hydrogen (secondary N) is 1. The van der Waals surface area contributed by atoms with Crippen LogP contribution in [0, 0.1) is 0 Å². The quantitative estimate of drug-likeness (QED) is 0.424. The summed E-state index contributed by atoms with van der Waals surface area (Å²) in [5.74, 6) is -0.363. The molecule has 6 heteroatoms. The Kier molecular flexibility index (Phi) is 6.56. The predicted molar refractivity (Wildman–Crippen MR) is 131 cm³/mol. The van der Waals surface area contributed by atoms with Gasteiger partial charge in [-0.3, -0.25) is 9.10 Å². The van der Waals surface area contributed by atoms with Crippen molar-refractivity contribution in [2.75, 3.05) is 11.4 Å². The van der Waals surface area contributed by atoms with Gasteiger partial charge in [0.2, 0.25) is 0 Å². The monoisotopic (exact) mass is 456 g/mol. The zero-order chi connectivity index (χ0) is 23.3. The van der Waals surface area contributed by atoms with Gasteiger partial charge in [0.25, 0.3) is 15.9 Å². The normalized spacial score (nSPS) is 11.2. The van der Waals surface area contributed by atoms with E-state index in [0.717, 1.165) is 15.4 Å². The fraction of sp³-hybridized carbons (Fsp3) is 0.0741. The topological polar surface area (TPSA) is 66.5 Å². The van der Waals surface area contributed by atoms with E-state index in [1.165, 1.54) is 19.2 Å². The molecule has 1 amide bonds. The molecule has 4 rings (SSSR count). The minimum Gasteiger partial charge on any atom is -0.341 e. The summed E-state index contributed by atoms with van der Waals surface area (Å²) >= 11 is 0. The molecule has 0 atom stereocenters. The van der Waals surface area contributed by atoms with Crippen LogP contribution in [0.1, 0.15) is 27.5 Å². The van der Waals surface area contributed by atoms with Gasteiger partial charge >= 0.3 is 0 Å². The molecule has 0 aromatic heterocycles. The average molecular weight is 457 g/mol.